The number of rotatable bonds is 5. The average molecular weight is 288 g/mol. The number of benzene rings is 1. The summed E-state index contributed by atoms with van der Waals surface area (Å²) in [7, 11) is 0. The second-order valence-electron chi connectivity index (χ2n) is 5.24. The molecule has 0 aliphatic rings. The lowest BCUT2D eigenvalue weighted by Gasteiger charge is -2.14. The van der Waals surface area contributed by atoms with E-state index < -0.39 is 5.92 Å². The molecule has 1 aromatic heterocycles. The summed E-state index contributed by atoms with van der Waals surface area (Å²) in [5.41, 5.74) is 1.96. The lowest BCUT2D eigenvalue weighted by Crippen LogP contribution is -2.21. The molecule has 0 N–H and O–H groups in total. The number of ether oxygens (including phenoxy) is 1. The lowest BCUT2D eigenvalue weighted by molar-refractivity contribution is -0.146. The molecule has 1 atom stereocenters. The molecule has 5 heteroatoms. The molecule has 112 valence electrons. The minimum absolute atomic E-state index is 0.0224. The van der Waals surface area contributed by atoms with Crippen LogP contribution in [0.2, 0.25) is 0 Å². The number of carbonyl (C=O) groups excluding carboxylic acids is 1. The molecule has 1 heterocycles. The highest BCUT2D eigenvalue weighted by molar-refractivity contribution is 5.77. The quantitative estimate of drug-likeness (QED) is 0.789. The predicted molar refractivity (Wildman–Crippen MR) is 78.7 cm³/mol. The fourth-order valence-corrected chi connectivity index (χ4v) is 2.18. The fourth-order valence-electron chi connectivity index (χ4n) is 2.18. The number of esters is 1. The smallest absolute Gasteiger partial charge is 0.318 e. The molecule has 2 rings (SSSR count). The third-order valence-corrected chi connectivity index (χ3v) is 3.30. The van der Waals surface area contributed by atoms with Gasteiger partial charge in [-0.1, -0.05) is 43.3 Å². The number of nitrogens with zero attached hydrogens (tertiary/aromatic N) is 2. The Hall–Kier alpha value is -2.17. The highest BCUT2D eigenvalue weighted by Gasteiger charge is 2.31. The minimum atomic E-state index is -0.532. The summed E-state index contributed by atoms with van der Waals surface area (Å²) < 4.78 is 10.4. The van der Waals surface area contributed by atoms with Crippen molar-refractivity contribution in [3.05, 3.63) is 35.7 Å². The normalized spacial score (nSPS) is 12.4. The van der Waals surface area contributed by atoms with Crippen LogP contribution in [0.4, 0.5) is 0 Å². The van der Waals surface area contributed by atoms with Crippen molar-refractivity contribution in [1.29, 1.82) is 0 Å². The van der Waals surface area contributed by atoms with Gasteiger partial charge in [-0.05, 0) is 25.3 Å². The van der Waals surface area contributed by atoms with Gasteiger partial charge in [0.05, 0.1) is 6.61 Å². The Morgan fingerprint density at radius 2 is 2.05 bits per heavy atom. The third kappa shape index (κ3) is 3.29. The van der Waals surface area contributed by atoms with Crippen molar-refractivity contribution in [3.63, 3.8) is 0 Å². The van der Waals surface area contributed by atoms with Gasteiger partial charge in [-0.2, -0.15) is 4.98 Å². The van der Waals surface area contributed by atoms with Crippen LogP contribution in [0.1, 0.15) is 38.1 Å². The monoisotopic (exact) mass is 288 g/mol. The molecule has 5 nitrogen and oxygen atoms in total. The summed E-state index contributed by atoms with van der Waals surface area (Å²) in [6, 6.07) is 7.79. The Morgan fingerprint density at radius 1 is 1.33 bits per heavy atom. The maximum atomic E-state index is 12.0. The molecular formula is C16H20N2O3. The van der Waals surface area contributed by atoms with Crippen LogP contribution in [-0.4, -0.2) is 22.7 Å². The third-order valence-electron chi connectivity index (χ3n) is 3.30. The van der Waals surface area contributed by atoms with Gasteiger partial charge in [0.1, 0.15) is 5.92 Å². The first-order valence-electron chi connectivity index (χ1n) is 7.10. The van der Waals surface area contributed by atoms with Gasteiger partial charge in [0.25, 0.3) is 0 Å². The number of aromatic nitrogens is 2. The van der Waals surface area contributed by atoms with E-state index in [2.05, 4.69) is 10.1 Å². The van der Waals surface area contributed by atoms with Crippen LogP contribution in [0, 0.1) is 12.8 Å². The molecule has 21 heavy (non-hydrogen) atoms. The molecule has 0 aliphatic carbocycles. The van der Waals surface area contributed by atoms with Gasteiger partial charge < -0.3 is 9.26 Å². The summed E-state index contributed by atoms with van der Waals surface area (Å²) in [6.07, 6.45) is 0. The zero-order chi connectivity index (χ0) is 15.4. The summed E-state index contributed by atoms with van der Waals surface area (Å²) in [6.45, 7) is 7.96. The molecule has 0 spiro atoms. The number of aryl methyl sites for hydroxylation is 1. The van der Waals surface area contributed by atoms with Crippen molar-refractivity contribution in [2.24, 2.45) is 5.92 Å². The van der Waals surface area contributed by atoms with Crippen molar-refractivity contribution < 1.29 is 14.1 Å². The molecule has 0 fully saturated rings. The van der Waals surface area contributed by atoms with E-state index in [0.717, 1.165) is 11.1 Å². The van der Waals surface area contributed by atoms with Gasteiger partial charge in [-0.25, -0.2) is 0 Å². The van der Waals surface area contributed by atoms with Crippen molar-refractivity contribution in [2.45, 2.75) is 33.6 Å². The van der Waals surface area contributed by atoms with Gasteiger partial charge >= 0.3 is 5.97 Å². The van der Waals surface area contributed by atoms with Gasteiger partial charge in [0.15, 0.2) is 0 Å². The molecule has 2 aromatic rings. The Kier molecular flexibility index (Phi) is 4.73. The van der Waals surface area contributed by atoms with E-state index in [9.17, 15) is 4.79 Å². The van der Waals surface area contributed by atoms with E-state index in [0.29, 0.717) is 18.3 Å². The predicted octanol–water partition coefficient (Wildman–Crippen LogP) is 3.35. The largest absolute Gasteiger partial charge is 0.465 e. The summed E-state index contributed by atoms with van der Waals surface area (Å²) in [5, 5.41) is 4.00. The van der Waals surface area contributed by atoms with Crippen molar-refractivity contribution in [1.82, 2.24) is 10.1 Å². The van der Waals surface area contributed by atoms with E-state index in [1.165, 1.54) is 0 Å². The maximum absolute atomic E-state index is 12.0. The molecule has 0 bridgehead atoms. The van der Waals surface area contributed by atoms with E-state index in [-0.39, 0.29) is 11.9 Å². The van der Waals surface area contributed by atoms with E-state index >= 15 is 0 Å². The Balaban J connectivity index is 2.33. The minimum Gasteiger partial charge on any atom is -0.465 e. The molecule has 1 aromatic carbocycles. The summed E-state index contributed by atoms with van der Waals surface area (Å²) in [4.78, 5) is 16.4. The van der Waals surface area contributed by atoms with Crippen LogP contribution >= 0.6 is 0 Å². The second kappa shape index (κ2) is 6.52. The topological polar surface area (TPSA) is 65.2 Å². The van der Waals surface area contributed by atoms with Crippen LogP contribution < -0.4 is 0 Å². The zero-order valence-electron chi connectivity index (χ0n) is 12.8. The van der Waals surface area contributed by atoms with E-state index in [1.54, 1.807) is 6.92 Å². The molecule has 0 aliphatic heterocycles. The standard InChI is InChI=1S/C16H20N2O3/c1-5-20-16(19)13(10(2)3)15-17-14(18-21-15)12-9-7-6-8-11(12)4/h6-10,13H,5H2,1-4H3. The van der Waals surface area contributed by atoms with Crippen LogP contribution in [0.15, 0.2) is 28.8 Å². The van der Waals surface area contributed by atoms with Gasteiger partial charge in [0.2, 0.25) is 11.7 Å². The van der Waals surface area contributed by atoms with Crippen LogP contribution in [0.3, 0.4) is 0 Å². The molecule has 1 unspecified atom stereocenters. The Morgan fingerprint density at radius 3 is 2.67 bits per heavy atom. The van der Waals surface area contributed by atoms with Gasteiger partial charge in [-0.3, -0.25) is 4.79 Å². The molecule has 0 saturated heterocycles. The van der Waals surface area contributed by atoms with Gasteiger partial charge in [0, 0.05) is 5.56 Å². The zero-order valence-corrected chi connectivity index (χ0v) is 12.8. The summed E-state index contributed by atoms with van der Waals surface area (Å²) >= 11 is 0. The Bertz CT molecular complexity index is 619. The highest BCUT2D eigenvalue weighted by Crippen LogP contribution is 2.27. The first-order chi connectivity index (χ1) is 10.0. The van der Waals surface area contributed by atoms with Crippen LogP contribution in [-0.2, 0) is 9.53 Å². The number of hydrogen-bond donors (Lipinski definition) is 0. The van der Waals surface area contributed by atoms with Crippen molar-refractivity contribution in [3.8, 4) is 11.4 Å². The SMILES string of the molecule is CCOC(=O)C(c1nc(-c2ccccc2C)no1)C(C)C. The maximum Gasteiger partial charge on any atom is 0.318 e. The molecule has 0 amide bonds. The lowest BCUT2D eigenvalue weighted by atomic mass is 9.96. The van der Waals surface area contributed by atoms with E-state index in [1.807, 2.05) is 45.0 Å². The number of carbonyl (C=O) groups is 1. The van der Waals surface area contributed by atoms with Crippen molar-refractivity contribution in [2.75, 3.05) is 6.61 Å². The van der Waals surface area contributed by atoms with E-state index in [4.69, 9.17) is 9.26 Å². The van der Waals surface area contributed by atoms with Crippen LogP contribution in [0.5, 0.6) is 0 Å². The fraction of sp³-hybridized carbons (Fsp3) is 0.438. The number of hydrogen-bond acceptors (Lipinski definition) is 5. The van der Waals surface area contributed by atoms with Gasteiger partial charge in [-0.15, -0.1) is 0 Å². The highest BCUT2D eigenvalue weighted by atomic mass is 16.5. The first kappa shape index (κ1) is 15.2. The molecule has 0 radical (unpaired) electrons. The average Bonchev–Trinajstić information content (AvgIpc) is 2.88. The Labute approximate surface area is 124 Å². The molecule has 0 saturated carbocycles. The van der Waals surface area contributed by atoms with Crippen molar-refractivity contribution >= 4 is 5.97 Å². The van der Waals surface area contributed by atoms with Crippen LogP contribution in [0.25, 0.3) is 11.4 Å². The second-order valence-corrected chi connectivity index (χ2v) is 5.24. The summed E-state index contributed by atoms with van der Waals surface area (Å²) in [5.74, 6) is -0.0309. The first-order valence-corrected chi connectivity index (χ1v) is 7.10. The molecular weight excluding hydrogens is 268 g/mol.